The predicted molar refractivity (Wildman–Crippen MR) is 166 cm³/mol. The lowest BCUT2D eigenvalue weighted by atomic mass is 10.0. The van der Waals surface area contributed by atoms with E-state index in [0.29, 0.717) is 12.8 Å². The molecule has 0 radical (unpaired) electrons. The fourth-order valence-electron chi connectivity index (χ4n) is 5.42. The Hall–Kier alpha value is -0.610. The van der Waals surface area contributed by atoms with Gasteiger partial charge in [-0.2, -0.15) is 0 Å². The van der Waals surface area contributed by atoms with E-state index >= 15 is 0 Å². The number of amides is 1. The minimum Gasteiger partial charge on any atom is -0.394 e. The minimum absolute atomic E-state index is 0.0308. The van der Waals surface area contributed by atoms with Gasteiger partial charge in [0.15, 0.2) is 0 Å². The molecule has 0 aromatic rings. The average Bonchev–Trinajstić information content (AvgIpc) is 2.92. The molecule has 2 atom stereocenters. The molecule has 0 aliphatic rings. The van der Waals surface area contributed by atoms with Crippen molar-refractivity contribution in [1.82, 2.24) is 5.32 Å². The number of aliphatic hydroxyl groups excluding tert-OH is 2. The Morgan fingerprint density at radius 1 is 0.526 bits per heavy atom. The highest BCUT2D eigenvalue weighted by Gasteiger charge is 2.19. The van der Waals surface area contributed by atoms with Crippen molar-refractivity contribution in [3.8, 4) is 0 Å². The van der Waals surface area contributed by atoms with Crippen LogP contribution in [0, 0.1) is 0 Å². The van der Waals surface area contributed by atoms with Crippen molar-refractivity contribution >= 4 is 5.91 Å². The SMILES string of the molecule is CCCCCCCCCCCCCCCCCC(=O)NC(CO)C(O)CCCCCCCCCCCCC. The van der Waals surface area contributed by atoms with Crippen LogP contribution in [0.3, 0.4) is 0 Å². The molecule has 0 spiro atoms. The zero-order valence-corrected chi connectivity index (χ0v) is 26.0. The van der Waals surface area contributed by atoms with Crippen LogP contribution in [0.1, 0.15) is 194 Å². The second kappa shape index (κ2) is 30.9. The number of hydrogen-bond acceptors (Lipinski definition) is 3. The summed E-state index contributed by atoms with van der Waals surface area (Å²) in [6, 6.07) is -0.526. The summed E-state index contributed by atoms with van der Waals surface area (Å²) in [6.07, 6.45) is 34.3. The van der Waals surface area contributed by atoms with Gasteiger partial charge in [-0.25, -0.2) is 0 Å². The van der Waals surface area contributed by atoms with Gasteiger partial charge in [0, 0.05) is 6.42 Å². The van der Waals surface area contributed by atoms with Gasteiger partial charge in [-0.05, 0) is 12.8 Å². The number of carbonyl (C=O) groups is 1. The highest BCUT2D eigenvalue weighted by atomic mass is 16.3. The van der Waals surface area contributed by atoms with E-state index in [0.717, 1.165) is 25.7 Å². The molecule has 0 bridgehead atoms. The predicted octanol–water partition coefficient (Wildman–Crippen LogP) is 9.79. The molecule has 3 N–H and O–H groups in total. The number of carbonyl (C=O) groups excluding carboxylic acids is 1. The first-order chi connectivity index (χ1) is 18.7. The third-order valence-corrected chi connectivity index (χ3v) is 8.12. The van der Waals surface area contributed by atoms with Gasteiger partial charge in [-0.3, -0.25) is 4.79 Å². The molecule has 4 heteroatoms. The summed E-state index contributed by atoms with van der Waals surface area (Å²) in [5, 5.41) is 22.9. The van der Waals surface area contributed by atoms with Gasteiger partial charge in [0.25, 0.3) is 0 Å². The maximum Gasteiger partial charge on any atom is 0.220 e. The maximum absolute atomic E-state index is 12.3. The number of aliphatic hydroxyl groups is 2. The lowest BCUT2D eigenvalue weighted by Gasteiger charge is -2.22. The van der Waals surface area contributed by atoms with E-state index in [1.165, 1.54) is 141 Å². The number of rotatable bonds is 31. The van der Waals surface area contributed by atoms with Crippen LogP contribution in [-0.2, 0) is 4.79 Å². The zero-order valence-electron chi connectivity index (χ0n) is 26.0. The van der Waals surface area contributed by atoms with Gasteiger partial charge in [0.1, 0.15) is 0 Å². The third kappa shape index (κ3) is 27.0. The van der Waals surface area contributed by atoms with Gasteiger partial charge in [0.05, 0.1) is 18.8 Å². The molecule has 0 aliphatic carbocycles. The average molecular weight is 540 g/mol. The fraction of sp³-hybridized carbons (Fsp3) is 0.971. The number of unbranched alkanes of at least 4 members (excludes halogenated alkanes) is 24. The highest BCUT2D eigenvalue weighted by molar-refractivity contribution is 5.76. The van der Waals surface area contributed by atoms with E-state index in [9.17, 15) is 15.0 Å². The van der Waals surface area contributed by atoms with E-state index in [1.54, 1.807) is 0 Å². The summed E-state index contributed by atoms with van der Waals surface area (Å²) < 4.78 is 0. The van der Waals surface area contributed by atoms with Crippen LogP contribution in [0.25, 0.3) is 0 Å². The van der Waals surface area contributed by atoms with Gasteiger partial charge >= 0.3 is 0 Å². The molecule has 0 aliphatic heterocycles. The Kier molecular flexibility index (Phi) is 30.4. The summed E-state index contributed by atoms with van der Waals surface area (Å²) in [7, 11) is 0. The van der Waals surface area contributed by atoms with E-state index in [2.05, 4.69) is 19.2 Å². The molecule has 0 aromatic carbocycles. The van der Waals surface area contributed by atoms with Crippen molar-refractivity contribution in [1.29, 1.82) is 0 Å². The van der Waals surface area contributed by atoms with Gasteiger partial charge < -0.3 is 15.5 Å². The molecule has 4 nitrogen and oxygen atoms in total. The summed E-state index contributed by atoms with van der Waals surface area (Å²) in [5.74, 6) is -0.0308. The monoisotopic (exact) mass is 540 g/mol. The van der Waals surface area contributed by atoms with Crippen molar-refractivity contribution in [3.05, 3.63) is 0 Å². The second-order valence-corrected chi connectivity index (χ2v) is 11.9. The number of nitrogens with one attached hydrogen (secondary N) is 1. The molecule has 0 heterocycles. The van der Waals surface area contributed by atoms with Crippen molar-refractivity contribution < 1.29 is 15.0 Å². The summed E-state index contributed by atoms with van der Waals surface area (Å²) in [4.78, 5) is 12.3. The first kappa shape index (κ1) is 37.4. The van der Waals surface area contributed by atoms with Crippen molar-refractivity contribution in [2.24, 2.45) is 0 Å². The lowest BCUT2D eigenvalue weighted by molar-refractivity contribution is -0.123. The Labute approximate surface area is 238 Å². The van der Waals surface area contributed by atoms with Crippen LogP contribution in [-0.4, -0.2) is 34.9 Å². The highest BCUT2D eigenvalue weighted by Crippen LogP contribution is 2.15. The van der Waals surface area contributed by atoms with Gasteiger partial charge in [0.2, 0.25) is 5.91 Å². The first-order valence-corrected chi connectivity index (χ1v) is 17.2. The topological polar surface area (TPSA) is 69.6 Å². The summed E-state index contributed by atoms with van der Waals surface area (Å²) in [6.45, 7) is 4.34. The first-order valence-electron chi connectivity index (χ1n) is 17.2. The second-order valence-electron chi connectivity index (χ2n) is 11.9. The molecule has 38 heavy (non-hydrogen) atoms. The van der Waals surface area contributed by atoms with Crippen LogP contribution in [0.5, 0.6) is 0 Å². The minimum atomic E-state index is -0.649. The molecule has 0 rings (SSSR count). The Morgan fingerprint density at radius 3 is 1.18 bits per heavy atom. The standard InChI is InChI=1S/C34H69NO3/c1-3-5-7-9-11-13-15-16-17-18-20-22-24-26-28-30-34(38)35-32(31-36)33(37)29-27-25-23-21-19-14-12-10-8-6-4-2/h32-33,36-37H,3-31H2,1-2H3,(H,35,38). The van der Waals surface area contributed by atoms with Crippen LogP contribution < -0.4 is 5.32 Å². The fourth-order valence-corrected chi connectivity index (χ4v) is 5.42. The van der Waals surface area contributed by atoms with Crippen molar-refractivity contribution in [3.63, 3.8) is 0 Å². The zero-order chi connectivity index (χ0) is 27.9. The molecule has 0 fully saturated rings. The van der Waals surface area contributed by atoms with Crippen molar-refractivity contribution in [2.45, 2.75) is 206 Å². The molecular weight excluding hydrogens is 470 g/mol. The quantitative estimate of drug-likeness (QED) is 0.0768. The van der Waals surface area contributed by atoms with E-state index < -0.39 is 12.1 Å². The smallest absolute Gasteiger partial charge is 0.220 e. The van der Waals surface area contributed by atoms with Crippen LogP contribution in [0.2, 0.25) is 0 Å². The van der Waals surface area contributed by atoms with Crippen LogP contribution in [0.4, 0.5) is 0 Å². The molecule has 0 saturated carbocycles. The van der Waals surface area contributed by atoms with Crippen molar-refractivity contribution in [2.75, 3.05) is 6.61 Å². The molecule has 2 unspecified atom stereocenters. The van der Waals surface area contributed by atoms with E-state index in [-0.39, 0.29) is 12.5 Å². The molecule has 0 saturated heterocycles. The molecular formula is C34H69NO3. The third-order valence-electron chi connectivity index (χ3n) is 8.12. The van der Waals surface area contributed by atoms with Crippen LogP contribution in [0.15, 0.2) is 0 Å². The van der Waals surface area contributed by atoms with Gasteiger partial charge in [-0.15, -0.1) is 0 Å². The molecule has 0 aromatic heterocycles. The molecule has 228 valence electrons. The van der Waals surface area contributed by atoms with Gasteiger partial charge in [-0.1, -0.05) is 174 Å². The summed E-state index contributed by atoms with van der Waals surface area (Å²) in [5.41, 5.74) is 0. The van der Waals surface area contributed by atoms with E-state index in [4.69, 9.17) is 0 Å². The Bertz CT molecular complexity index is 471. The lowest BCUT2D eigenvalue weighted by Crippen LogP contribution is -2.45. The van der Waals surface area contributed by atoms with E-state index in [1.807, 2.05) is 0 Å². The number of hydrogen-bond donors (Lipinski definition) is 3. The molecule has 1 amide bonds. The summed E-state index contributed by atoms with van der Waals surface area (Å²) >= 11 is 0. The van der Waals surface area contributed by atoms with Crippen LogP contribution >= 0.6 is 0 Å². The Morgan fingerprint density at radius 2 is 0.842 bits per heavy atom. The Balaban J connectivity index is 3.53. The normalized spacial score (nSPS) is 13.1. The maximum atomic E-state index is 12.3. The largest absolute Gasteiger partial charge is 0.394 e.